The molecule has 6 nitrogen and oxygen atoms in total. The summed E-state index contributed by atoms with van der Waals surface area (Å²) in [5, 5.41) is 9.98. The maximum absolute atomic E-state index is 12.9. The van der Waals surface area contributed by atoms with Crippen molar-refractivity contribution in [2.75, 3.05) is 32.0 Å². The summed E-state index contributed by atoms with van der Waals surface area (Å²) >= 11 is 1.69. The third-order valence-electron chi connectivity index (χ3n) is 3.63. The molecule has 0 saturated heterocycles. The molecule has 0 aliphatic carbocycles. The third kappa shape index (κ3) is 7.78. The topological polar surface area (TPSA) is 74.2 Å². The summed E-state index contributed by atoms with van der Waals surface area (Å²) in [7, 11) is 1.64. The van der Waals surface area contributed by atoms with Crippen molar-refractivity contribution in [2.45, 2.75) is 25.9 Å². The van der Waals surface area contributed by atoms with Gasteiger partial charge in [0.25, 0.3) is 0 Å². The van der Waals surface area contributed by atoms with Crippen molar-refractivity contribution < 1.29 is 13.2 Å². The molecule has 11 heteroatoms. The normalized spacial score (nSPS) is 11.7. The van der Waals surface area contributed by atoms with Crippen molar-refractivity contribution in [3.8, 4) is 0 Å². The van der Waals surface area contributed by atoms with Gasteiger partial charge in [0.1, 0.15) is 5.82 Å². The van der Waals surface area contributed by atoms with Crippen LogP contribution in [0, 0.1) is 0 Å². The molecule has 0 fully saturated rings. The Labute approximate surface area is 183 Å². The van der Waals surface area contributed by atoms with Gasteiger partial charge in [-0.15, -0.1) is 35.3 Å². The minimum absolute atomic E-state index is 0. The molecule has 0 unspecified atom stereocenters. The molecule has 0 spiro atoms. The monoisotopic (exact) mass is 528 g/mol. The molecule has 0 aliphatic heterocycles. The molecule has 2 aromatic heterocycles. The summed E-state index contributed by atoms with van der Waals surface area (Å²) in [6.07, 6.45) is 0.550. The lowest BCUT2D eigenvalue weighted by Gasteiger charge is -2.14. The Balaban J connectivity index is 0.00000392. The molecule has 0 saturated carbocycles. The van der Waals surface area contributed by atoms with E-state index >= 15 is 0 Å². The van der Waals surface area contributed by atoms with Gasteiger partial charge >= 0.3 is 6.18 Å². The van der Waals surface area contributed by atoms with E-state index in [-0.39, 0.29) is 36.3 Å². The summed E-state index contributed by atoms with van der Waals surface area (Å²) in [6, 6.07) is 2.27. The number of rotatable bonds is 8. The lowest BCUT2D eigenvalue weighted by molar-refractivity contribution is -0.137. The summed E-state index contributed by atoms with van der Waals surface area (Å²) in [6.45, 7) is 3.43. The lowest BCUT2D eigenvalue weighted by Crippen LogP contribution is -2.40. The van der Waals surface area contributed by atoms with Crippen molar-refractivity contribution in [1.82, 2.24) is 20.6 Å². The minimum atomic E-state index is -4.44. The Bertz CT molecular complexity index is 750. The Morgan fingerprint density at radius 2 is 1.93 bits per heavy atom. The maximum Gasteiger partial charge on any atom is 0.419 e. The number of hydrogen-bond donors (Lipinski definition) is 3. The van der Waals surface area contributed by atoms with Crippen LogP contribution in [0.1, 0.15) is 22.4 Å². The van der Waals surface area contributed by atoms with Crippen LogP contribution < -0.4 is 16.0 Å². The fourth-order valence-corrected chi connectivity index (χ4v) is 3.13. The quantitative estimate of drug-likeness (QED) is 0.212. The fourth-order valence-electron chi connectivity index (χ4n) is 2.27. The lowest BCUT2D eigenvalue weighted by atomic mass is 10.2. The molecular formula is C17H24F3IN6S. The van der Waals surface area contributed by atoms with Gasteiger partial charge in [0.2, 0.25) is 0 Å². The molecule has 2 aromatic rings. The molecule has 0 amide bonds. The van der Waals surface area contributed by atoms with Gasteiger partial charge in [-0.3, -0.25) is 4.99 Å². The van der Waals surface area contributed by atoms with E-state index in [0.29, 0.717) is 19.0 Å². The number of thiazole rings is 1. The Morgan fingerprint density at radius 3 is 2.57 bits per heavy atom. The number of alkyl halides is 3. The molecule has 0 aliphatic rings. The molecule has 0 aromatic carbocycles. The first-order valence-electron chi connectivity index (χ1n) is 8.58. The number of aryl methyl sites for hydroxylation is 1. The Kier molecular flexibility index (Phi) is 10.5. The molecule has 2 heterocycles. The van der Waals surface area contributed by atoms with Crippen LogP contribution in [0.2, 0.25) is 0 Å². The minimum Gasteiger partial charge on any atom is -0.368 e. The molecule has 0 radical (unpaired) electrons. The highest BCUT2D eigenvalue weighted by Crippen LogP contribution is 2.33. The highest BCUT2D eigenvalue weighted by Gasteiger charge is 2.33. The molecule has 156 valence electrons. The molecule has 3 N–H and O–H groups in total. The number of pyridine rings is 1. The van der Waals surface area contributed by atoms with E-state index in [4.69, 9.17) is 0 Å². The van der Waals surface area contributed by atoms with Gasteiger partial charge in [0.05, 0.1) is 10.6 Å². The third-order valence-corrected chi connectivity index (χ3v) is 4.83. The van der Waals surface area contributed by atoms with Crippen LogP contribution in [0.25, 0.3) is 0 Å². The van der Waals surface area contributed by atoms with Gasteiger partial charge in [-0.25, -0.2) is 9.97 Å². The van der Waals surface area contributed by atoms with E-state index in [1.165, 1.54) is 17.1 Å². The first-order valence-corrected chi connectivity index (χ1v) is 9.40. The predicted octanol–water partition coefficient (Wildman–Crippen LogP) is 3.56. The van der Waals surface area contributed by atoms with E-state index < -0.39 is 11.7 Å². The number of nitrogens with zero attached hydrogens (tertiary/aromatic N) is 3. The van der Waals surface area contributed by atoms with Gasteiger partial charge in [0.15, 0.2) is 5.96 Å². The van der Waals surface area contributed by atoms with Crippen molar-refractivity contribution in [2.24, 2.45) is 4.99 Å². The SMILES string of the molecule is CCc1cnc(CCNC(=NC)NCCNc2ncccc2C(F)(F)F)s1.I. The number of aliphatic imine (C=N–C) groups is 1. The highest BCUT2D eigenvalue weighted by molar-refractivity contribution is 14.0. The Hall–Kier alpha value is -1.63. The van der Waals surface area contributed by atoms with Crippen LogP contribution in [0.5, 0.6) is 0 Å². The summed E-state index contributed by atoms with van der Waals surface area (Å²) in [5.41, 5.74) is -0.776. The van der Waals surface area contributed by atoms with E-state index in [2.05, 4.69) is 37.8 Å². The van der Waals surface area contributed by atoms with Crippen LogP contribution in [0.4, 0.5) is 19.0 Å². The van der Waals surface area contributed by atoms with E-state index in [9.17, 15) is 13.2 Å². The number of guanidine groups is 1. The Morgan fingerprint density at radius 1 is 1.18 bits per heavy atom. The van der Waals surface area contributed by atoms with Gasteiger partial charge < -0.3 is 16.0 Å². The van der Waals surface area contributed by atoms with Gasteiger partial charge in [0, 0.05) is 50.4 Å². The van der Waals surface area contributed by atoms with Gasteiger partial charge in [-0.1, -0.05) is 6.92 Å². The second-order valence-electron chi connectivity index (χ2n) is 5.57. The smallest absolute Gasteiger partial charge is 0.368 e. The van der Waals surface area contributed by atoms with Crippen molar-refractivity contribution >= 4 is 47.1 Å². The molecule has 0 atom stereocenters. The number of anilines is 1. The zero-order valence-corrected chi connectivity index (χ0v) is 18.8. The second kappa shape index (κ2) is 12.0. The summed E-state index contributed by atoms with van der Waals surface area (Å²) < 4.78 is 38.7. The zero-order chi connectivity index (χ0) is 19.7. The first-order chi connectivity index (χ1) is 12.9. The van der Waals surface area contributed by atoms with Crippen LogP contribution in [0.3, 0.4) is 0 Å². The summed E-state index contributed by atoms with van der Waals surface area (Å²) in [4.78, 5) is 13.5. The molecule has 0 bridgehead atoms. The number of hydrogen-bond acceptors (Lipinski definition) is 5. The number of aromatic nitrogens is 2. The average Bonchev–Trinajstić information content (AvgIpc) is 3.11. The summed E-state index contributed by atoms with van der Waals surface area (Å²) in [5.74, 6) is 0.409. The molecular weight excluding hydrogens is 504 g/mol. The van der Waals surface area contributed by atoms with Crippen molar-refractivity contribution in [3.05, 3.63) is 40.0 Å². The molecule has 28 heavy (non-hydrogen) atoms. The molecule has 2 rings (SSSR count). The zero-order valence-electron chi connectivity index (χ0n) is 15.6. The standard InChI is InChI=1S/C17H23F3N6S.HI/c1-3-12-11-26-14(27-12)6-8-24-16(21-2)25-10-9-23-15-13(17(18,19)20)5-4-7-22-15;/h4-5,7,11H,3,6,8-10H2,1-2H3,(H,22,23)(H2,21,24,25);1H. The largest absolute Gasteiger partial charge is 0.419 e. The highest BCUT2D eigenvalue weighted by atomic mass is 127. The number of nitrogens with one attached hydrogen (secondary N) is 3. The van der Waals surface area contributed by atoms with Crippen LogP contribution in [0.15, 0.2) is 29.5 Å². The second-order valence-corrected chi connectivity index (χ2v) is 6.77. The van der Waals surface area contributed by atoms with E-state index in [0.717, 1.165) is 23.9 Å². The maximum atomic E-state index is 12.9. The van der Waals surface area contributed by atoms with Gasteiger partial charge in [-0.2, -0.15) is 13.2 Å². The van der Waals surface area contributed by atoms with E-state index in [1.54, 1.807) is 18.4 Å². The van der Waals surface area contributed by atoms with Crippen molar-refractivity contribution in [1.29, 1.82) is 0 Å². The van der Waals surface area contributed by atoms with E-state index in [1.807, 2.05) is 6.20 Å². The van der Waals surface area contributed by atoms with Crippen LogP contribution >= 0.6 is 35.3 Å². The first kappa shape index (κ1) is 24.4. The van der Waals surface area contributed by atoms with Gasteiger partial charge in [-0.05, 0) is 18.6 Å². The number of halogens is 4. The fraction of sp³-hybridized carbons (Fsp3) is 0.471. The van der Waals surface area contributed by atoms with Crippen LogP contribution in [-0.2, 0) is 19.0 Å². The van der Waals surface area contributed by atoms with Crippen molar-refractivity contribution in [3.63, 3.8) is 0 Å². The predicted molar refractivity (Wildman–Crippen MR) is 118 cm³/mol. The van der Waals surface area contributed by atoms with Crippen LogP contribution in [-0.4, -0.2) is 42.6 Å². The average molecular weight is 528 g/mol.